The average molecular weight is 479 g/mol. The van der Waals surface area contributed by atoms with Gasteiger partial charge in [0.25, 0.3) is 0 Å². The Morgan fingerprint density at radius 2 is 2.03 bits per heavy atom. The first-order valence-corrected chi connectivity index (χ1v) is 10.8. The van der Waals surface area contributed by atoms with E-state index < -0.39 is 22.9 Å². The highest BCUT2D eigenvalue weighted by molar-refractivity contribution is 7.77. The Morgan fingerprint density at radius 3 is 2.84 bits per heavy atom. The summed E-state index contributed by atoms with van der Waals surface area (Å²) in [5.74, 6) is -1.43. The van der Waals surface area contributed by atoms with Gasteiger partial charge in [-0.05, 0) is 48.2 Å². The topological polar surface area (TPSA) is 132 Å². The molecule has 1 atom stereocenters. The molecule has 0 fully saturated rings. The van der Waals surface area contributed by atoms with Gasteiger partial charge in [-0.1, -0.05) is 6.07 Å². The van der Waals surface area contributed by atoms with Gasteiger partial charge in [0.2, 0.25) is 5.28 Å². The standard InChI is InChI=1S/C19H16ClF2N7O2S/c20-19-28-16-14(24-9-25-18(16)29-19)11-4-2-7-23-17(11)27-15-12(21)6-5-10(13(15)22)3-1-8-26-32(30)31/h2,4-7,9,26H,1,3,8H2,(H,23,27)(H,30,31)(H,24,25,28,29)/p-1. The Hall–Kier alpha value is -3.06. The van der Waals surface area contributed by atoms with E-state index in [2.05, 4.69) is 35.0 Å². The number of hydrogen-bond donors (Lipinski definition) is 3. The van der Waals surface area contributed by atoms with Crippen LogP contribution in [-0.4, -0.2) is 40.2 Å². The van der Waals surface area contributed by atoms with Gasteiger partial charge in [-0.2, -0.15) is 4.98 Å². The monoisotopic (exact) mass is 478 g/mol. The minimum atomic E-state index is -2.39. The SMILES string of the molecule is O=S([O-])NCCCc1ccc(F)c(Nc2ncccc2-c2ncnc3nc(Cl)[nH]c23)c1F. The quantitative estimate of drug-likeness (QED) is 0.201. The molecular weight excluding hydrogens is 464 g/mol. The average Bonchev–Trinajstić information content (AvgIpc) is 3.16. The molecule has 0 amide bonds. The number of imidazole rings is 1. The molecule has 9 nitrogen and oxygen atoms in total. The number of H-pyrrole nitrogens is 1. The number of nitrogens with one attached hydrogen (secondary N) is 3. The number of aryl methyl sites for hydroxylation is 1. The Bertz CT molecular complexity index is 1300. The van der Waals surface area contributed by atoms with Crippen LogP contribution < -0.4 is 10.0 Å². The number of aromatic nitrogens is 5. The molecule has 32 heavy (non-hydrogen) atoms. The summed E-state index contributed by atoms with van der Waals surface area (Å²) in [5, 5.41) is 2.85. The molecule has 0 bridgehead atoms. The van der Waals surface area contributed by atoms with E-state index in [1.54, 1.807) is 12.1 Å². The van der Waals surface area contributed by atoms with Crippen LogP contribution in [0.3, 0.4) is 0 Å². The number of rotatable bonds is 8. The van der Waals surface area contributed by atoms with Crippen molar-refractivity contribution in [3.8, 4) is 11.3 Å². The Labute approximate surface area is 188 Å². The summed E-state index contributed by atoms with van der Waals surface area (Å²) in [6, 6.07) is 5.80. The molecule has 166 valence electrons. The van der Waals surface area contributed by atoms with Gasteiger partial charge in [0.05, 0.1) is 0 Å². The molecule has 13 heteroatoms. The molecule has 3 heterocycles. The van der Waals surface area contributed by atoms with E-state index in [1.165, 1.54) is 18.6 Å². The number of fused-ring (bicyclic) bond motifs is 1. The third-order valence-corrected chi connectivity index (χ3v) is 5.20. The lowest BCUT2D eigenvalue weighted by molar-refractivity contribution is 0.520. The fourth-order valence-electron chi connectivity index (χ4n) is 3.16. The maximum Gasteiger partial charge on any atom is 0.202 e. The molecule has 0 radical (unpaired) electrons. The number of anilines is 2. The lowest BCUT2D eigenvalue weighted by atomic mass is 10.1. The summed E-state index contributed by atoms with van der Waals surface area (Å²) < 4.78 is 52.9. The number of pyridine rings is 1. The minimum Gasteiger partial charge on any atom is -0.760 e. The lowest BCUT2D eigenvalue weighted by Gasteiger charge is -2.14. The zero-order chi connectivity index (χ0) is 22.7. The fraction of sp³-hybridized carbons (Fsp3) is 0.158. The van der Waals surface area contributed by atoms with Crippen molar-refractivity contribution in [2.45, 2.75) is 12.8 Å². The van der Waals surface area contributed by atoms with Gasteiger partial charge in [-0.25, -0.2) is 28.5 Å². The van der Waals surface area contributed by atoms with E-state index in [9.17, 15) is 13.2 Å². The summed E-state index contributed by atoms with van der Waals surface area (Å²) in [5.41, 5.74) is 1.49. The highest BCUT2D eigenvalue weighted by atomic mass is 35.5. The molecule has 4 aromatic rings. The van der Waals surface area contributed by atoms with Gasteiger partial charge in [0.1, 0.15) is 34.9 Å². The van der Waals surface area contributed by atoms with Gasteiger partial charge >= 0.3 is 0 Å². The van der Waals surface area contributed by atoms with E-state index in [-0.39, 0.29) is 35.3 Å². The van der Waals surface area contributed by atoms with Crippen LogP contribution in [0.5, 0.6) is 0 Å². The number of aromatic amines is 1. The maximum absolute atomic E-state index is 15.1. The lowest BCUT2D eigenvalue weighted by Crippen LogP contribution is -2.18. The van der Waals surface area contributed by atoms with Gasteiger partial charge in [-0.3, -0.25) is 4.21 Å². The molecular formula is C19H15ClF2N7O2S-. The Kier molecular flexibility index (Phi) is 6.65. The fourth-order valence-corrected chi connectivity index (χ4v) is 3.64. The second-order valence-electron chi connectivity index (χ2n) is 6.60. The normalized spacial score (nSPS) is 12.2. The second-order valence-corrected chi connectivity index (χ2v) is 7.72. The van der Waals surface area contributed by atoms with Crippen LogP contribution >= 0.6 is 11.6 Å². The van der Waals surface area contributed by atoms with Crippen LogP contribution in [0.25, 0.3) is 22.4 Å². The van der Waals surface area contributed by atoms with Crippen molar-refractivity contribution in [2.75, 3.05) is 11.9 Å². The zero-order valence-corrected chi connectivity index (χ0v) is 17.8. The molecule has 1 aromatic carbocycles. The van der Waals surface area contributed by atoms with E-state index in [4.69, 9.17) is 11.6 Å². The smallest absolute Gasteiger partial charge is 0.202 e. The van der Waals surface area contributed by atoms with E-state index in [0.29, 0.717) is 28.8 Å². The number of nitrogens with zero attached hydrogens (tertiary/aromatic N) is 4. The number of benzene rings is 1. The predicted octanol–water partition coefficient (Wildman–Crippen LogP) is 3.41. The molecule has 3 N–H and O–H groups in total. The van der Waals surface area contributed by atoms with Crippen molar-refractivity contribution in [1.82, 2.24) is 29.6 Å². The van der Waals surface area contributed by atoms with Crippen molar-refractivity contribution in [1.29, 1.82) is 0 Å². The summed E-state index contributed by atoms with van der Waals surface area (Å²) in [7, 11) is 0. The van der Waals surface area contributed by atoms with Gasteiger partial charge in [0.15, 0.2) is 11.5 Å². The van der Waals surface area contributed by atoms with Crippen molar-refractivity contribution < 1.29 is 17.5 Å². The minimum absolute atomic E-state index is 0.125. The predicted molar refractivity (Wildman–Crippen MR) is 115 cm³/mol. The summed E-state index contributed by atoms with van der Waals surface area (Å²) in [6.45, 7) is 0.135. The van der Waals surface area contributed by atoms with Crippen LogP contribution in [0.2, 0.25) is 5.28 Å². The number of hydrogen-bond acceptors (Lipinski definition) is 7. The van der Waals surface area contributed by atoms with E-state index in [0.717, 1.165) is 6.07 Å². The van der Waals surface area contributed by atoms with Crippen LogP contribution in [0.4, 0.5) is 20.3 Å². The van der Waals surface area contributed by atoms with Crippen LogP contribution in [0, 0.1) is 11.6 Å². The first-order chi connectivity index (χ1) is 15.4. The van der Waals surface area contributed by atoms with Crippen LogP contribution in [-0.2, 0) is 17.7 Å². The molecule has 0 aliphatic carbocycles. The third-order valence-electron chi connectivity index (χ3n) is 4.58. The van der Waals surface area contributed by atoms with Crippen molar-refractivity contribution in [3.05, 3.63) is 59.3 Å². The van der Waals surface area contributed by atoms with Gasteiger partial charge in [0, 0.05) is 29.6 Å². The van der Waals surface area contributed by atoms with Gasteiger partial charge in [-0.15, -0.1) is 0 Å². The van der Waals surface area contributed by atoms with Crippen molar-refractivity contribution >= 4 is 45.5 Å². The molecule has 4 rings (SSSR count). The first kappa shape index (κ1) is 22.1. The largest absolute Gasteiger partial charge is 0.760 e. The second kappa shape index (κ2) is 9.61. The molecule has 0 spiro atoms. The summed E-state index contributed by atoms with van der Waals surface area (Å²) in [6.07, 6.45) is 3.32. The molecule has 0 saturated heterocycles. The van der Waals surface area contributed by atoms with E-state index in [1.807, 2.05) is 0 Å². The Balaban J connectivity index is 1.67. The Morgan fingerprint density at radius 1 is 1.19 bits per heavy atom. The summed E-state index contributed by atoms with van der Waals surface area (Å²) in [4.78, 5) is 19.4. The molecule has 3 aromatic heterocycles. The molecule has 0 aliphatic heterocycles. The van der Waals surface area contributed by atoms with Crippen molar-refractivity contribution in [3.63, 3.8) is 0 Å². The van der Waals surface area contributed by atoms with Crippen LogP contribution in [0.15, 0.2) is 36.8 Å². The number of halogens is 3. The summed E-state index contributed by atoms with van der Waals surface area (Å²) >= 11 is 3.54. The first-order valence-electron chi connectivity index (χ1n) is 9.32. The van der Waals surface area contributed by atoms with Crippen LogP contribution in [0.1, 0.15) is 12.0 Å². The molecule has 1 unspecified atom stereocenters. The maximum atomic E-state index is 15.1. The zero-order valence-electron chi connectivity index (χ0n) is 16.2. The molecule has 0 aliphatic rings. The van der Waals surface area contributed by atoms with E-state index >= 15 is 4.39 Å². The third kappa shape index (κ3) is 4.72. The van der Waals surface area contributed by atoms with Crippen molar-refractivity contribution in [2.24, 2.45) is 0 Å². The highest BCUT2D eigenvalue weighted by Gasteiger charge is 2.19. The highest BCUT2D eigenvalue weighted by Crippen LogP contribution is 2.33. The molecule has 0 saturated carbocycles. The van der Waals surface area contributed by atoms with Gasteiger partial charge < -0.3 is 14.9 Å².